The number of hydrogen-bond acceptors (Lipinski definition) is 4. The number of carbonyl (C=O) groups is 2. The summed E-state index contributed by atoms with van der Waals surface area (Å²) in [6, 6.07) is 0. The molecule has 5 nitrogen and oxygen atoms in total. The summed E-state index contributed by atoms with van der Waals surface area (Å²) in [6.45, 7) is 6.42. The van der Waals surface area contributed by atoms with E-state index in [1.54, 1.807) is 0 Å². The Morgan fingerprint density at radius 2 is 1.81 bits per heavy atom. The molecular formula is C21H36N2O3. The van der Waals surface area contributed by atoms with Crippen molar-refractivity contribution >= 4 is 11.9 Å². The fourth-order valence-corrected chi connectivity index (χ4v) is 5.13. The van der Waals surface area contributed by atoms with E-state index >= 15 is 0 Å². The zero-order chi connectivity index (χ0) is 18.4. The van der Waals surface area contributed by atoms with E-state index in [1.165, 1.54) is 19.3 Å². The van der Waals surface area contributed by atoms with Gasteiger partial charge in [0.25, 0.3) is 0 Å². The number of carbonyl (C=O) groups excluding carboxylic acids is 2. The third kappa shape index (κ3) is 5.21. The summed E-state index contributed by atoms with van der Waals surface area (Å²) in [7, 11) is 0. The molecule has 0 radical (unpaired) electrons. The Balaban J connectivity index is 1.36. The fourth-order valence-electron chi connectivity index (χ4n) is 5.13. The molecule has 2 saturated heterocycles. The van der Waals surface area contributed by atoms with Gasteiger partial charge in [0.2, 0.25) is 5.91 Å². The Hall–Kier alpha value is -1.10. The number of nitrogens with one attached hydrogen (secondary N) is 1. The van der Waals surface area contributed by atoms with E-state index in [9.17, 15) is 9.59 Å². The molecule has 2 heterocycles. The van der Waals surface area contributed by atoms with Gasteiger partial charge < -0.3 is 15.0 Å². The standard InChI is InChI=1S/C21H36N2O3/c1-2-26-20(25)15-17-5-8-21(9-6-17)10-13-23(14-11-21)19(24)4-3-18-7-12-22-16-18/h17-18,22H,2-16H2,1H3. The lowest BCUT2D eigenvalue weighted by Gasteiger charge is -2.46. The second-order valence-electron chi connectivity index (χ2n) is 8.73. The maximum atomic E-state index is 12.5. The van der Waals surface area contributed by atoms with Gasteiger partial charge in [-0.3, -0.25) is 9.59 Å². The summed E-state index contributed by atoms with van der Waals surface area (Å²) < 4.78 is 5.09. The minimum absolute atomic E-state index is 0.0358. The van der Waals surface area contributed by atoms with Gasteiger partial charge in [-0.25, -0.2) is 0 Å². The number of amides is 1. The number of ether oxygens (including phenoxy) is 1. The van der Waals surface area contributed by atoms with Crippen LogP contribution >= 0.6 is 0 Å². The molecule has 3 fully saturated rings. The van der Waals surface area contributed by atoms with Crippen molar-refractivity contribution in [2.24, 2.45) is 17.3 Å². The van der Waals surface area contributed by atoms with Crippen LogP contribution in [0.2, 0.25) is 0 Å². The van der Waals surface area contributed by atoms with Gasteiger partial charge >= 0.3 is 5.97 Å². The van der Waals surface area contributed by atoms with Crippen LogP contribution in [0.4, 0.5) is 0 Å². The quantitative estimate of drug-likeness (QED) is 0.736. The van der Waals surface area contributed by atoms with Crippen LogP contribution < -0.4 is 5.32 Å². The fraction of sp³-hybridized carbons (Fsp3) is 0.905. The van der Waals surface area contributed by atoms with Crippen molar-refractivity contribution in [3.05, 3.63) is 0 Å². The van der Waals surface area contributed by atoms with Crippen LogP contribution in [-0.2, 0) is 14.3 Å². The molecule has 26 heavy (non-hydrogen) atoms. The molecule has 3 aliphatic rings. The number of piperidine rings is 1. The average Bonchev–Trinajstić information content (AvgIpc) is 3.16. The second kappa shape index (κ2) is 9.20. The van der Waals surface area contributed by atoms with Crippen LogP contribution in [0.3, 0.4) is 0 Å². The number of hydrogen-bond donors (Lipinski definition) is 1. The van der Waals surface area contributed by atoms with Gasteiger partial charge in [0, 0.05) is 25.9 Å². The zero-order valence-electron chi connectivity index (χ0n) is 16.4. The highest BCUT2D eigenvalue weighted by atomic mass is 16.5. The van der Waals surface area contributed by atoms with Crippen molar-refractivity contribution in [2.75, 3.05) is 32.8 Å². The molecule has 1 N–H and O–H groups in total. The first kappa shape index (κ1) is 19.7. The molecule has 1 spiro atoms. The summed E-state index contributed by atoms with van der Waals surface area (Å²) in [5.74, 6) is 1.53. The highest BCUT2D eigenvalue weighted by Gasteiger charge is 2.39. The van der Waals surface area contributed by atoms with Crippen LogP contribution in [0.15, 0.2) is 0 Å². The molecule has 1 amide bonds. The van der Waals surface area contributed by atoms with Crippen molar-refractivity contribution in [2.45, 2.75) is 71.1 Å². The molecule has 0 aromatic rings. The third-order valence-corrected chi connectivity index (χ3v) is 7.03. The first-order valence-electron chi connectivity index (χ1n) is 10.7. The minimum atomic E-state index is -0.0358. The number of rotatable bonds is 6. The lowest BCUT2D eigenvalue weighted by atomic mass is 9.65. The van der Waals surface area contributed by atoms with Gasteiger partial charge in [-0.2, -0.15) is 0 Å². The number of esters is 1. The minimum Gasteiger partial charge on any atom is -0.466 e. The normalized spacial score (nSPS) is 26.2. The highest BCUT2D eigenvalue weighted by molar-refractivity contribution is 5.76. The van der Waals surface area contributed by atoms with Crippen LogP contribution in [0.1, 0.15) is 71.1 Å². The molecule has 1 aliphatic carbocycles. The predicted molar refractivity (Wildman–Crippen MR) is 102 cm³/mol. The summed E-state index contributed by atoms with van der Waals surface area (Å²) in [4.78, 5) is 26.3. The molecule has 0 aromatic carbocycles. The monoisotopic (exact) mass is 364 g/mol. The van der Waals surface area contributed by atoms with Crippen LogP contribution in [0, 0.1) is 17.3 Å². The lowest BCUT2D eigenvalue weighted by Crippen LogP contribution is -2.44. The smallest absolute Gasteiger partial charge is 0.306 e. The first-order valence-corrected chi connectivity index (χ1v) is 10.7. The Morgan fingerprint density at radius 3 is 2.42 bits per heavy atom. The maximum Gasteiger partial charge on any atom is 0.306 e. The molecule has 0 bridgehead atoms. The van der Waals surface area contributed by atoms with Gasteiger partial charge in [0.05, 0.1) is 6.61 Å². The zero-order valence-corrected chi connectivity index (χ0v) is 16.4. The highest BCUT2D eigenvalue weighted by Crippen LogP contribution is 2.47. The topological polar surface area (TPSA) is 58.6 Å². The molecule has 0 aromatic heterocycles. The summed E-state index contributed by atoms with van der Waals surface area (Å²) in [6.07, 6.45) is 10.6. The molecule has 2 aliphatic heterocycles. The van der Waals surface area contributed by atoms with Gasteiger partial charge in [0.15, 0.2) is 0 Å². The largest absolute Gasteiger partial charge is 0.466 e. The molecular weight excluding hydrogens is 328 g/mol. The second-order valence-corrected chi connectivity index (χ2v) is 8.73. The summed E-state index contributed by atoms with van der Waals surface area (Å²) in [5, 5.41) is 3.38. The van der Waals surface area contributed by atoms with E-state index in [1.807, 2.05) is 6.92 Å². The van der Waals surface area contributed by atoms with Gasteiger partial charge in [-0.05, 0) is 88.6 Å². The van der Waals surface area contributed by atoms with E-state index in [4.69, 9.17) is 4.74 Å². The van der Waals surface area contributed by atoms with Crippen LogP contribution in [-0.4, -0.2) is 49.6 Å². The Morgan fingerprint density at radius 1 is 1.08 bits per heavy atom. The van der Waals surface area contributed by atoms with E-state index in [0.29, 0.717) is 36.2 Å². The molecule has 148 valence electrons. The lowest BCUT2D eigenvalue weighted by molar-refractivity contribution is -0.145. The molecule has 1 atom stereocenters. The summed E-state index contributed by atoms with van der Waals surface area (Å²) in [5.41, 5.74) is 0.428. The maximum absolute atomic E-state index is 12.5. The first-order chi connectivity index (χ1) is 12.6. The predicted octanol–water partition coefficient (Wildman–Crippen LogP) is 3.13. The van der Waals surface area contributed by atoms with Crippen LogP contribution in [0.25, 0.3) is 0 Å². The molecule has 1 saturated carbocycles. The SMILES string of the molecule is CCOC(=O)CC1CCC2(CC1)CCN(C(=O)CCC1CCNC1)CC2. The van der Waals surface area contributed by atoms with Gasteiger partial charge in [-0.1, -0.05) is 0 Å². The van der Waals surface area contributed by atoms with Crippen molar-refractivity contribution in [3.8, 4) is 0 Å². The number of nitrogens with zero attached hydrogens (tertiary/aromatic N) is 1. The third-order valence-electron chi connectivity index (χ3n) is 7.03. The molecule has 1 unspecified atom stereocenters. The average molecular weight is 365 g/mol. The van der Waals surface area contributed by atoms with Crippen molar-refractivity contribution in [1.82, 2.24) is 10.2 Å². The number of likely N-dealkylation sites (tertiary alicyclic amines) is 1. The van der Waals surface area contributed by atoms with Gasteiger partial charge in [0.1, 0.15) is 0 Å². The van der Waals surface area contributed by atoms with Crippen molar-refractivity contribution in [3.63, 3.8) is 0 Å². The van der Waals surface area contributed by atoms with Crippen molar-refractivity contribution in [1.29, 1.82) is 0 Å². The summed E-state index contributed by atoms with van der Waals surface area (Å²) >= 11 is 0. The Bertz CT molecular complexity index is 470. The van der Waals surface area contributed by atoms with E-state index in [2.05, 4.69) is 10.2 Å². The molecule has 3 rings (SSSR count). The van der Waals surface area contributed by atoms with E-state index < -0.39 is 0 Å². The Labute approximate surface area is 158 Å². The van der Waals surface area contributed by atoms with Crippen molar-refractivity contribution < 1.29 is 14.3 Å². The Kier molecular flexibility index (Phi) is 6.96. The van der Waals surface area contributed by atoms with Crippen LogP contribution in [0.5, 0.6) is 0 Å². The van der Waals surface area contributed by atoms with E-state index in [0.717, 1.165) is 64.7 Å². The van der Waals surface area contributed by atoms with Gasteiger partial charge in [-0.15, -0.1) is 0 Å². The van der Waals surface area contributed by atoms with E-state index in [-0.39, 0.29) is 5.97 Å². The molecule has 5 heteroatoms.